The molecule has 272 valence electrons. The quantitative estimate of drug-likeness (QED) is 0.0398. The molecule has 17 heteroatoms. The maximum atomic E-state index is 13.7. The van der Waals surface area contributed by atoms with Crippen molar-refractivity contribution in [2.24, 2.45) is 5.92 Å². The van der Waals surface area contributed by atoms with Crippen LogP contribution in [0.3, 0.4) is 0 Å². The summed E-state index contributed by atoms with van der Waals surface area (Å²) < 4.78 is 49.9. The summed E-state index contributed by atoms with van der Waals surface area (Å²) in [4.78, 5) is 12.9. The Labute approximate surface area is 309 Å². The SMILES string of the molecule is COc1nc(N)nc2c1ncn2[C@H]1C[C@@H](COP(=O)(OCCSSCCOCc2ccccc2)OCCSSCCOCc2ccccc2)C1. The predicted molar refractivity (Wildman–Crippen MR) is 206 cm³/mol. The zero-order chi connectivity index (χ0) is 34.9. The van der Waals surface area contributed by atoms with E-state index in [1.807, 2.05) is 41.0 Å². The van der Waals surface area contributed by atoms with E-state index in [2.05, 4.69) is 39.2 Å². The lowest BCUT2D eigenvalue weighted by Crippen LogP contribution is -2.29. The average Bonchev–Trinajstić information content (AvgIpc) is 3.53. The average molecular weight is 782 g/mol. The van der Waals surface area contributed by atoms with Crippen molar-refractivity contribution in [2.45, 2.75) is 32.1 Å². The van der Waals surface area contributed by atoms with Gasteiger partial charge in [-0.25, -0.2) is 9.55 Å². The summed E-state index contributed by atoms with van der Waals surface area (Å²) in [6.07, 6.45) is 3.33. The number of fused-ring (bicyclic) bond motifs is 1. The number of nitrogen functional groups attached to an aromatic ring is 1. The van der Waals surface area contributed by atoms with Gasteiger partial charge in [0.25, 0.3) is 0 Å². The lowest BCUT2D eigenvalue weighted by atomic mass is 9.81. The van der Waals surface area contributed by atoms with Gasteiger partial charge in [-0.15, -0.1) is 0 Å². The number of aromatic nitrogens is 4. The summed E-state index contributed by atoms with van der Waals surface area (Å²) >= 11 is 0. The van der Waals surface area contributed by atoms with Crippen molar-refractivity contribution in [1.29, 1.82) is 0 Å². The van der Waals surface area contributed by atoms with Crippen molar-refractivity contribution < 1.29 is 32.3 Å². The van der Waals surface area contributed by atoms with E-state index in [0.29, 0.717) is 55.0 Å². The first kappa shape index (κ1) is 39.2. The summed E-state index contributed by atoms with van der Waals surface area (Å²) in [5, 5.41) is 0. The van der Waals surface area contributed by atoms with Crippen LogP contribution >= 0.6 is 51.0 Å². The number of nitrogens with two attached hydrogens (primary N) is 1. The first-order chi connectivity index (χ1) is 24.5. The van der Waals surface area contributed by atoms with Crippen LogP contribution in [0.5, 0.6) is 5.88 Å². The van der Waals surface area contributed by atoms with Crippen molar-refractivity contribution >= 4 is 68.1 Å². The summed E-state index contributed by atoms with van der Waals surface area (Å²) in [7, 11) is 4.46. The highest BCUT2D eigenvalue weighted by molar-refractivity contribution is 8.77. The Bertz CT molecular complexity index is 1540. The molecule has 0 saturated heterocycles. The minimum atomic E-state index is -3.76. The molecule has 1 aliphatic rings. The van der Waals surface area contributed by atoms with E-state index in [4.69, 9.17) is 33.5 Å². The number of hydrogen-bond acceptors (Lipinski definition) is 15. The van der Waals surface area contributed by atoms with Crippen LogP contribution < -0.4 is 10.5 Å². The highest BCUT2D eigenvalue weighted by atomic mass is 33.1. The standard InChI is InChI=1S/C33H44N5O7PS4/c1-40-32-30-31(36-33(34)37-32)38(25-35-30)29-20-28(21-29)24-45-46(39,43-14-18-49-47-16-12-41-22-26-8-4-2-5-9-26)44-15-19-50-48-17-13-42-23-27-10-6-3-7-11-27/h2-11,25,28-29H,12-24H2,1H3,(H2,34,36,37)/t28-,29+. The molecule has 4 aromatic rings. The number of nitrogens with zero attached hydrogens (tertiary/aromatic N) is 4. The largest absolute Gasteiger partial charge is 0.479 e. The predicted octanol–water partition coefficient (Wildman–Crippen LogP) is 7.72. The molecule has 5 rings (SSSR count). The Kier molecular flexibility index (Phi) is 16.9. The van der Waals surface area contributed by atoms with E-state index in [-0.39, 0.29) is 37.7 Å². The lowest BCUT2D eigenvalue weighted by Gasteiger charge is -2.36. The topological polar surface area (TPSA) is 142 Å². The van der Waals surface area contributed by atoms with Crippen LogP contribution in [-0.4, -0.2) is 82.7 Å². The van der Waals surface area contributed by atoms with Gasteiger partial charge >= 0.3 is 7.82 Å². The Morgan fingerprint density at radius 1 is 0.780 bits per heavy atom. The van der Waals surface area contributed by atoms with Gasteiger partial charge in [0, 0.05) is 29.1 Å². The summed E-state index contributed by atoms with van der Waals surface area (Å²) in [5.41, 5.74) is 9.40. The van der Waals surface area contributed by atoms with Gasteiger partial charge in [0.1, 0.15) is 0 Å². The molecule has 0 radical (unpaired) electrons. The molecule has 0 atom stereocenters. The number of phosphoric ester groups is 1. The van der Waals surface area contributed by atoms with Crippen molar-refractivity contribution in [3.05, 3.63) is 78.1 Å². The van der Waals surface area contributed by atoms with Gasteiger partial charge in [0.15, 0.2) is 11.2 Å². The van der Waals surface area contributed by atoms with Gasteiger partial charge in [-0.1, -0.05) is 104 Å². The third-order valence-corrected chi connectivity index (χ3v) is 13.6. The molecule has 1 fully saturated rings. The van der Waals surface area contributed by atoms with Crippen molar-refractivity contribution in [3.63, 3.8) is 0 Å². The van der Waals surface area contributed by atoms with Crippen molar-refractivity contribution in [3.8, 4) is 5.88 Å². The zero-order valence-corrected chi connectivity index (χ0v) is 32.2. The van der Waals surface area contributed by atoms with Gasteiger partial charge in [0.2, 0.25) is 11.8 Å². The van der Waals surface area contributed by atoms with Crippen molar-refractivity contribution in [1.82, 2.24) is 19.5 Å². The molecular weight excluding hydrogens is 738 g/mol. The molecule has 50 heavy (non-hydrogen) atoms. The highest BCUT2D eigenvalue weighted by Gasteiger charge is 2.36. The van der Waals surface area contributed by atoms with Crippen molar-refractivity contribution in [2.75, 3.05) is 68.9 Å². The number of rotatable bonds is 25. The number of phosphoric acid groups is 1. The molecule has 2 aromatic heterocycles. The smallest absolute Gasteiger partial charge is 0.474 e. The van der Waals surface area contributed by atoms with E-state index in [9.17, 15) is 4.57 Å². The molecule has 1 saturated carbocycles. The molecule has 0 amide bonds. The molecule has 0 spiro atoms. The highest BCUT2D eigenvalue weighted by Crippen LogP contribution is 2.52. The monoisotopic (exact) mass is 781 g/mol. The second kappa shape index (κ2) is 21.5. The normalized spacial score (nSPS) is 16.1. The van der Waals surface area contributed by atoms with Gasteiger partial charge < -0.3 is 24.5 Å². The minimum Gasteiger partial charge on any atom is -0.479 e. The van der Waals surface area contributed by atoms with Crippen LogP contribution in [0.4, 0.5) is 5.95 Å². The number of hydrogen-bond donors (Lipinski definition) is 1. The van der Waals surface area contributed by atoms with E-state index < -0.39 is 7.82 Å². The van der Waals surface area contributed by atoms with Gasteiger partial charge in [-0.2, -0.15) is 9.97 Å². The maximum absolute atomic E-state index is 13.7. The molecule has 2 aromatic carbocycles. The molecular formula is C33H44N5O7PS4. The fraction of sp³-hybridized carbons (Fsp3) is 0.485. The number of benzene rings is 2. The van der Waals surface area contributed by atoms with E-state index in [0.717, 1.165) is 35.5 Å². The summed E-state index contributed by atoms with van der Waals surface area (Å²) in [6, 6.07) is 20.4. The second-order valence-electron chi connectivity index (χ2n) is 11.2. The Morgan fingerprint density at radius 3 is 1.86 bits per heavy atom. The van der Waals surface area contributed by atoms with Crippen LogP contribution in [0.1, 0.15) is 30.0 Å². The van der Waals surface area contributed by atoms with Crippen LogP contribution in [0.2, 0.25) is 0 Å². The summed E-state index contributed by atoms with van der Waals surface area (Å²) in [5.74, 6) is 3.63. The fourth-order valence-corrected chi connectivity index (χ4v) is 9.88. The molecule has 2 heterocycles. The van der Waals surface area contributed by atoms with Crippen LogP contribution in [0, 0.1) is 5.92 Å². The van der Waals surface area contributed by atoms with Crippen LogP contribution in [0.15, 0.2) is 67.0 Å². The van der Waals surface area contributed by atoms with Gasteiger partial charge in [-0.3, -0.25) is 13.6 Å². The molecule has 12 nitrogen and oxygen atoms in total. The van der Waals surface area contributed by atoms with E-state index >= 15 is 0 Å². The number of imidazole rings is 1. The third-order valence-electron chi connectivity index (χ3n) is 7.52. The first-order valence-electron chi connectivity index (χ1n) is 16.3. The lowest BCUT2D eigenvalue weighted by molar-refractivity contribution is 0.0732. The minimum absolute atomic E-state index is 0.131. The summed E-state index contributed by atoms with van der Waals surface area (Å²) in [6.45, 7) is 3.27. The number of methoxy groups -OCH3 is 1. The van der Waals surface area contributed by atoms with Crippen LogP contribution in [-0.2, 0) is 40.8 Å². The molecule has 0 aliphatic heterocycles. The van der Waals surface area contributed by atoms with Gasteiger partial charge in [-0.05, 0) is 29.9 Å². The molecule has 0 bridgehead atoms. The van der Waals surface area contributed by atoms with Gasteiger partial charge in [0.05, 0.1) is 59.7 Å². The molecule has 0 unspecified atom stereocenters. The molecule has 2 N–H and O–H groups in total. The first-order valence-corrected chi connectivity index (χ1v) is 22.8. The number of anilines is 1. The van der Waals surface area contributed by atoms with E-state index in [1.54, 1.807) is 49.5 Å². The van der Waals surface area contributed by atoms with E-state index in [1.165, 1.54) is 7.11 Å². The van der Waals surface area contributed by atoms with Crippen LogP contribution in [0.25, 0.3) is 11.2 Å². The maximum Gasteiger partial charge on any atom is 0.474 e. The second-order valence-corrected chi connectivity index (χ2v) is 18.3. The third kappa shape index (κ3) is 12.9. The Morgan fingerprint density at radius 2 is 1.32 bits per heavy atom. The Hall–Kier alpha value is -1.98. The Balaban J connectivity index is 1.00. The number of ether oxygens (including phenoxy) is 3. The zero-order valence-electron chi connectivity index (χ0n) is 28.0. The fourth-order valence-electron chi connectivity index (χ4n) is 5.00. The molecule has 1 aliphatic carbocycles.